The van der Waals surface area contributed by atoms with Crippen LogP contribution < -0.4 is 4.31 Å². The smallest absolute Gasteiger partial charge is 0.350 e. The lowest BCUT2D eigenvalue weighted by molar-refractivity contribution is 0.0823. The number of fused-ring (bicyclic) bond motifs is 1. The molecule has 0 saturated heterocycles. The lowest BCUT2D eigenvalue weighted by Gasteiger charge is -2.28. The average molecular weight is 562 g/mol. The number of carbonyl (C=O) groups is 1. The van der Waals surface area contributed by atoms with E-state index in [9.17, 15) is 17.8 Å². The summed E-state index contributed by atoms with van der Waals surface area (Å²) in [4.78, 5) is 16.6. The standard InChI is InChI=1S/C22H26Cl2N3O6PS/c1-5-32-34(29,33-6-2)14-27(35(30,31)19-12-16(23)11-17(24)13-19)18-7-8-20-15(9-18)10-21(25-20)22(28)26(3)4/h7-13,25H,5-6,14H2,1-4H3. The van der Waals surface area contributed by atoms with E-state index in [0.717, 1.165) is 4.31 Å². The van der Waals surface area contributed by atoms with Gasteiger partial charge in [-0.05, 0) is 56.3 Å². The van der Waals surface area contributed by atoms with E-state index in [0.29, 0.717) is 16.6 Å². The second-order valence-electron chi connectivity index (χ2n) is 7.70. The van der Waals surface area contributed by atoms with Crippen molar-refractivity contribution in [2.45, 2.75) is 18.7 Å². The van der Waals surface area contributed by atoms with Crippen LogP contribution in [0.3, 0.4) is 0 Å². The van der Waals surface area contributed by atoms with Crippen molar-refractivity contribution in [1.29, 1.82) is 0 Å². The summed E-state index contributed by atoms with van der Waals surface area (Å²) < 4.78 is 52.6. The molecule has 0 bridgehead atoms. The van der Waals surface area contributed by atoms with Crippen LogP contribution in [0.2, 0.25) is 10.0 Å². The molecule has 3 rings (SSSR count). The number of H-pyrrole nitrogens is 1. The number of aromatic amines is 1. The molecule has 35 heavy (non-hydrogen) atoms. The molecule has 0 aliphatic heterocycles. The molecule has 190 valence electrons. The van der Waals surface area contributed by atoms with Gasteiger partial charge in [0.25, 0.3) is 15.9 Å². The van der Waals surface area contributed by atoms with E-state index in [4.69, 9.17) is 32.2 Å². The van der Waals surface area contributed by atoms with Crippen molar-refractivity contribution in [3.63, 3.8) is 0 Å². The van der Waals surface area contributed by atoms with Crippen LogP contribution in [0.4, 0.5) is 5.69 Å². The summed E-state index contributed by atoms with van der Waals surface area (Å²) >= 11 is 12.1. The van der Waals surface area contributed by atoms with Crippen molar-refractivity contribution in [2.75, 3.05) is 37.9 Å². The van der Waals surface area contributed by atoms with Gasteiger partial charge in [0.05, 0.1) is 23.8 Å². The van der Waals surface area contributed by atoms with Crippen LogP contribution in [0.25, 0.3) is 10.9 Å². The topological polar surface area (TPSA) is 109 Å². The molecular weight excluding hydrogens is 536 g/mol. The van der Waals surface area contributed by atoms with Crippen molar-refractivity contribution < 1.29 is 26.8 Å². The molecule has 0 spiro atoms. The number of hydrogen-bond acceptors (Lipinski definition) is 6. The number of nitrogens with zero attached hydrogens (tertiary/aromatic N) is 2. The molecule has 9 nitrogen and oxygen atoms in total. The van der Waals surface area contributed by atoms with E-state index in [1.807, 2.05) is 0 Å². The van der Waals surface area contributed by atoms with E-state index in [-0.39, 0.29) is 39.7 Å². The number of halogens is 2. The van der Waals surface area contributed by atoms with Gasteiger partial charge in [-0.2, -0.15) is 0 Å². The van der Waals surface area contributed by atoms with Crippen LogP contribution in [-0.4, -0.2) is 57.8 Å². The Labute approximate surface area is 214 Å². The van der Waals surface area contributed by atoms with Gasteiger partial charge in [0, 0.05) is 35.0 Å². The predicted octanol–water partition coefficient (Wildman–Crippen LogP) is 5.60. The minimum atomic E-state index is -4.31. The van der Waals surface area contributed by atoms with E-state index in [2.05, 4.69) is 4.98 Å². The van der Waals surface area contributed by atoms with Crippen LogP contribution >= 0.6 is 30.8 Å². The minimum absolute atomic E-state index is 0.0566. The summed E-state index contributed by atoms with van der Waals surface area (Å²) in [6.07, 6.45) is -0.583. The summed E-state index contributed by atoms with van der Waals surface area (Å²) in [6, 6.07) is 10.3. The van der Waals surface area contributed by atoms with E-state index in [1.54, 1.807) is 46.1 Å². The molecule has 1 heterocycles. The fraction of sp³-hybridized carbons (Fsp3) is 0.318. The molecule has 0 saturated carbocycles. The Balaban J connectivity index is 2.18. The van der Waals surface area contributed by atoms with Crippen LogP contribution in [0.5, 0.6) is 0 Å². The zero-order chi connectivity index (χ0) is 26.0. The Morgan fingerprint density at radius 1 is 1.00 bits per heavy atom. The third-order valence-electron chi connectivity index (χ3n) is 4.91. The summed E-state index contributed by atoms with van der Waals surface area (Å²) in [5.74, 6) is -0.238. The molecule has 1 aromatic heterocycles. The molecule has 0 aliphatic rings. The summed E-state index contributed by atoms with van der Waals surface area (Å²) in [6.45, 7) is 3.38. The molecule has 0 radical (unpaired) electrons. The van der Waals surface area contributed by atoms with Gasteiger partial charge in [-0.25, -0.2) is 8.42 Å². The van der Waals surface area contributed by atoms with E-state index < -0.39 is 23.9 Å². The van der Waals surface area contributed by atoms with E-state index >= 15 is 0 Å². The highest BCUT2D eigenvalue weighted by Gasteiger charge is 2.35. The number of anilines is 1. The molecule has 3 aromatic rings. The van der Waals surface area contributed by atoms with Crippen LogP contribution in [0.1, 0.15) is 24.3 Å². The lowest BCUT2D eigenvalue weighted by atomic mass is 10.2. The highest BCUT2D eigenvalue weighted by atomic mass is 35.5. The zero-order valence-corrected chi connectivity index (χ0v) is 22.8. The first kappa shape index (κ1) is 27.5. The zero-order valence-electron chi connectivity index (χ0n) is 19.6. The quantitative estimate of drug-likeness (QED) is 0.323. The van der Waals surface area contributed by atoms with Gasteiger partial charge < -0.3 is 18.9 Å². The van der Waals surface area contributed by atoms with Crippen LogP contribution in [0.15, 0.2) is 47.4 Å². The maximum atomic E-state index is 13.8. The molecule has 0 aliphatic carbocycles. The van der Waals surface area contributed by atoms with Crippen molar-refractivity contribution in [1.82, 2.24) is 9.88 Å². The Morgan fingerprint density at radius 3 is 2.14 bits per heavy atom. The van der Waals surface area contributed by atoms with Crippen molar-refractivity contribution in [3.05, 3.63) is 58.2 Å². The third kappa shape index (κ3) is 6.20. The fourth-order valence-electron chi connectivity index (χ4n) is 3.40. The van der Waals surface area contributed by atoms with Gasteiger partial charge >= 0.3 is 7.60 Å². The number of aromatic nitrogens is 1. The van der Waals surface area contributed by atoms with Crippen molar-refractivity contribution in [2.24, 2.45) is 0 Å². The number of nitrogens with one attached hydrogen (secondary N) is 1. The maximum absolute atomic E-state index is 13.8. The highest BCUT2D eigenvalue weighted by Crippen LogP contribution is 2.50. The number of hydrogen-bond donors (Lipinski definition) is 1. The molecule has 1 N–H and O–H groups in total. The van der Waals surface area contributed by atoms with Crippen LogP contribution in [0, 0.1) is 0 Å². The SMILES string of the molecule is CCOP(=O)(CN(c1ccc2[nH]c(C(=O)N(C)C)cc2c1)S(=O)(=O)c1cc(Cl)cc(Cl)c1)OCC. The first-order chi connectivity index (χ1) is 16.4. The summed E-state index contributed by atoms with van der Waals surface area (Å²) in [7, 11) is -4.91. The predicted molar refractivity (Wildman–Crippen MR) is 138 cm³/mol. The molecule has 0 unspecified atom stereocenters. The molecule has 0 fully saturated rings. The van der Waals surface area contributed by atoms with Crippen molar-refractivity contribution in [3.8, 4) is 0 Å². The number of carbonyl (C=O) groups excluding carboxylic acids is 1. The molecular formula is C22H26Cl2N3O6PS. The number of rotatable bonds is 10. The van der Waals surface area contributed by atoms with Gasteiger partial charge in [0.15, 0.2) is 0 Å². The number of amides is 1. The highest BCUT2D eigenvalue weighted by molar-refractivity contribution is 7.93. The largest absolute Gasteiger partial charge is 0.351 e. The first-order valence-electron chi connectivity index (χ1n) is 10.6. The molecule has 0 atom stereocenters. The molecule has 13 heteroatoms. The average Bonchev–Trinajstić information content (AvgIpc) is 3.19. The van der Waals surface area contributed by atoms with Gasteiger partial charge in [0.1, 0.15) is 12.0 Å². The Morgan fingerprint density at radius 2 is 1.60 bits per heavy atom. The van der Waals surface area contributed by atoms with Crippen LogP contribution in [-0.2, 0) is 23.6 Å². The second-order valence-corrected chi connectivity index (χ2v) is 12.5. The Hall–Kier alpha value is -2.07. The summed E-state index contributed by atoms with van der Waals surface area (Å²) in [5, 5.41) is 0.836. The van der Waals surface area contributed by atoms with Gasteiger partial charge in [-0.3, -0.25) is 13.7 Å². The molecule has 2 aromatic carbocycles. The monoisotopic (exact) mass is 561 g/mol. The minimum Gasteiger partial charge on any atom is -0.351 e. The van der Waals surface area contributed by atoms with Gasteiger partial charge in [-0.1, -0.05) is 23.2 Å². The normalized spacial score (nSPS) is 12.2. The first-order valence-corrected chi connectivity index (χ1v) is 14.5. The van der Waals surface area contributed by atoms with E-state index in [1.165, 1.54) is 29.2 Å². The fourth-order valence-corrected chi connectivity index (χ4v) is 7.79. The number of benzene rings is 2. The van der Waals surface area contributed by atoms with Crippen molar-refractivity contribution >= 4 is 63.3 Å². The Bertz CT molecular complexity index is 1360. The Kier molecular flexibility index (Phi) is 8.57. The summed E-state index contributed by atoms with van der Waals surface area (Å²) in [5.41, 5.74) is 1.16. The van der Waals surface area contributed by atoms with Gasteiger partial charge in [-0.15, -0.1) is 0 Å². The third-order valence-corrected chi connectivity index (χ3v) is 9.22. The van der Waals surface area contributed by atoms with Gasteiger partial charge in [0.2, 0.25) is 0 Å². The lowest BCUT2D eigenvalue weighted by Crippen LogP contribution is -2.33. The second kappa shape index (κ2) is 10.9. The number of sulfonamides is 1. The maximum Gasteiger partial charge on any atom is 0.350 e. The molecule has 1 amide bonds.